The molecular weight excluding hydrogens is 840 g/mol. The lowest BCUT2D eigenvalue weighted by atomic mass is 10.0. The number of carbonyl (C=O) groups excluding carboxylic acids is 5. The van der Waals surface area contributed by atoms with E-state index in [-0.39, 0.29) is 35.6 Å². The van der Waals surface area contributed by atoms with E-state index in [1.54, 1.807) is 54.7 Å². The summed E-state index contributed by atoms with van der Waals surface area (Å²) < 4.78 is 60.1. The third-order valence-electron chi connectivity index (χ3n) is 10.9. The van der Waals surface area contributed by atoms with Gasteiger partial charge in [0.1, 0.15) is 18.1 Å². The van der Waals surface area contributed by atoms with Gasteiger partial charge in [0.15, 0.2) is 11.4 Å². The Labute approximate surface area is 364 Å². The molecule has 334 valence electrons. The predicted octanol–water partition coefficient (Wildman–Crippen LogP) is 5.88. The molecule has 1 aliphatic carbocycles. The Kier molecular flexibility index (Phi) is 13.1. The predicted molar refractivity (Wildman–Crippen MR) is 224 cm³/mol. The molecule has 1 unspecified atom stereocenters. The molecule has 5 aromatic rings. The van der Waals surface area contributed by atoms with Crippen LogP contribution in [0, 0.1) is 5.92 Å². The Bertz CT molecular complexity index is 2540. The molecular formula is C44H44F3N9O8. The van der Waals surface area contributed by atoms with Crippen LogP contribution in [0.15, 0.2) is 77.7 Å². The van der Waals surface area contributed by atoms with Gasteiger partial charge in [0.25, 0.3) is 17.7 Å². The third-order valence-corrected chi connectivity index (χ3v) is 10.9. The van der Waals surface area contributed by atoms with Gasteiger partial charge in [-0.3, -0.25) is 34.2 Å². The van der Waals surface area contributed by atoms with Gasteiger partial charge in [-0.1, -0.05) is 18.2 Å². The van der Waals surface area contributed by atoms with E-state index >= 15 is 0 Å². The Morgan fingerprint density at radius 3 is 2.47 bits per heavy atom. The van der Waals surface area contributed by atoms with Crippen molar-refractivity contribution in [2.24, 2.45) is 5.92 Å². The lowest BCUT2D eigenvalue weighted by Crippen LogP contribution is -2.54. The van der Waals surface area contributed by atoms with Gasteiger partial charge >= 0.3 is 6.18 Å². The van der Waals surface area contributed by atoms with Crippen molar-refractivity contribution in [2.75, 3.05) is 55.5 Å². The molecule has 0 radical (unpaired) electrons. The minimum atomic E-state index is -4.85. The van der Waals surface area contributed by atoms with Crippen molar-refractivity contribution in [1.29, 1.82) is 0 Å². The molecule has 5 heterocycles. The summed E-state index contributed by atoms with van der Waals surface area (Å²) in [6.07, 6.45) is 3.64. The number of oxazole rings is 1. The number of nitrogens with zero attached hydrogens (tertiary/aromatic N) is 5. The van der Waals surface area contributed by atoms with Crippen LogP contribution < -0.4 is 21.3 Å². The zero-order valence-corrected chi connectivity index (χ0v) is 34.4. The number of hydrogen-bond acceptors (Lipinski definition) is 13. The molecule has 2 fully saturated rings. The average molecular weight is 884 g/mol. The smallest absolute Gasteiger partial charge is 0.437 e. The number of alkyl halides is 3. The summed E-state index contributed by atoms with van der Waals surface area (Å²) >= 11 is 0. The van der Waals surface area contributed by atoms with Crippen LogP contribution in [0.3, 0.4) is 0 Å². The number of aryl methyl sites for hydroxylation is 1. The molecule has 2 aliphatic heterocycles. The van der Waals surface area contributed by atoms with Crippen molar-refractivity contribution in [2.45, 2.75) is 57.2 Å². The first-order chi connectivity index (χ1) is 30.9. The number of carbonyl (C=O) groups is 5. The van der Waals surface area contributed by atoms with Gasteiger partial charge in [0, 0.05) is 43.6 Å². The number of anilines is 3. The van der Waals surface area contributed by atoms with Crippen LogP contribution in [-0.4, -0.2) is 99.7 Å². The third kappa shape index (κ3) is 10.3. The summed E-state index contributed by atoms with van der Waals surface area (Å²) in [5, 5.41) is 14.6. The molecule has 20 heteroatoms. The SMILES string of the molecule is O=C1CCC(N2C(=O)c3cccc(NCCOCCOCCCCc4ccc(-n5cc(NC(=O)c6coc(-c7ccnc(NCC8CC8)c7)n6)c(C(F)(F)F)n5)cc4)c3C2=O)C(=O)N1. The quantitative estimate of drug-likeness (QED) is 0.0532. The molecule has 1 saturated carbocycles. The maximum absolute atomic E-state index is 14.1. The first-order valence-corrected chi connectivity index (χ1v) is 20.9. The second-order valence-corrected chi connectivity index (χ2v) is 15.5. The molecule has 5 amide bonds. The largest absolute Gasteiger partial charge is 0.444 e. The molecule has 3 aromatic heterocycles. The van der Waals surface area contributed by atoms with E-state index in [0.29, 0.717) is 68.1 Å². The lowest BCUT2D eigenvalue weighted by Gasteiger charge is -2.27. The first kappa shape index (κ1) is 43.7. The van der Waals surface area contributed by atoms with Gasteiger partial charge in [-0.25, -0.2) is 14.6 Å². The number of pyridine rings is 1. The van der Waals surface area contributed by atoms with Crippen molar-refractivity contribution >= 4 is 46.7 Å². The van der Waals surface area contributed by atoms with Gasteiger partial charge in [-0.15, -0.1) is 0 Å². The molecule has 17 nitrogen and oxygen atoms in total. The maximum atomic E-state index is 14.1. The second kappa shape index (κ2) is 19.2. The Balaban J connectivity index is 0.739. The minimum absolute atomic E-state index is 0.0388. The molecule has 1 atom stereocenters. The molecule has 3 aliphatic rings. The number of benzene rings is 2. The van der Waals surface area contributed by atoms with Crippen LogP contribution in [0.2, 0.25) is 0 Å². The summed E-state index contributed by atoms with van der Waals surface area (Å²) in [5.74, 6) is -1.80. The van der Waals surface area contributed by atoms with Crippen molar-refractivity contribution < 1.29 is 51.0 Å². The summed E-state index contributed by atoms with van der Waals surface area (Å²) in [7, 11) is 0. The van der Waals surface area contributed by atoms with Gasteiger partial charge in [0.05, 0.1) is 48.5 Å². The van der Waals surface area contributed by atoms with Crippen LogP contribution in [0.25, 0.3) is 17.1 Å². The van der Waals surface area contributed by atoms with E-state index in [0.717, 1.165) is 47.0 Å². The average Bonchev–Trinajstić information content (AvgIpc) is 3.67. The number of unbranched alkanes of at least 4 members (excludes halogenated alkanes) is 1. The van der Waals surface area contributed by atoms with Crippen molar-refractivity contribution in [3.8, 4) is 17.1 Å². The van der Waals surface area contributed by atoms with Crippen LogP contribution in [0.5, 0.6) is 0 Å². The fraction of sp³-hybridized carbons (Fsp3) is 0.364. The van der Waals surface area contributed by atoms with Gasteiger partial charge < -0.3 is 29.8 Å². The molecule has 8 rings (SSSR count). The van der Waals surface area contributed by atoms with E-state index in [9.17, 15) is 37.1 Å². The number of amides is 5. The number of imide groups is 2. The number of hydrogen-bond donors (Lipinski definition) is 4. The highest BCUT2D eigenvalue weighted by molar-refractivity contribution is 6.25. The van der Waals surface area contributed by atoms with E-state index in [1.807, 2.05) is 0 Å². The van der Waals surface area contributed by atoms with Crippen LogP contribution in [-0.2, 0) is 31.7 Å². The maximum Gasteiger partial charge on any atom is 0.437 e. The number of rotatable bonds is 20. The molecule has 4 N–H and O–H groups in total. The number of aromatic nitrogens is 4. The monoisotopic (exact) mass is 883 g/mol. The number of nitrogens with one attached hydrogen (secondary N) is 4. The standard InChI is InChI=1S/C44H44F3N9O8/c45-44(46,47)38-32(51-39(58)33-25-64-41(52-33)28-15-16-49-35(22-28)50-23-27-7-8-27)24-55(54-38)29-11-9-26(10-12-29)4-1-2-18-62-20-21-63-19-17-48-31-6-3-5-30-37(31)43(61)56(42(30)60)34-13-14-36(57)53-40(34)59/h3,5-6,9-12,15-16,22,24-25,27,34,48H,1-2,4,7-8,13-14,17-21,23H2,(H,49,50)(H,51,58)(H,53,57,59). The van der Waals surface area contributed by atoms with E-state index in [4.69, 9.17) is 13.9 Å². The van der Waals surface area contributed by atoms with Gasteiger partial charge in [-0.05, 0) is 86.4 Å². The molecule has 0 bridgehead atoms. The van der Waals surface area contributed by atoms with E-state index in [1.165, 1.54) is 18.9 Å². The highest BCUT2D eigenvalue weighted by Gasteiger charge is 2.45. The molecule has 0 spiro atoms. The lowest BCUT2D eigenvalue weighted by molar-refractivity contribution is -0.140. The second-order valence-electron chi connectivity index (χ2n) is 15.5. The summed E-state index contributed by atoms with van der Waals surface area (Å²) in [4.78, 5) is 72.7. The zero-order chi connectivity index (χ0) is 44.8. The number of ether oxygens (including phenoxy) is 2. The topological polar surface area (TPSA) is 212 Å². The number of halogens is 3. The zero-order valence-electron chi connectivity index (χ0n) is 34.4. The number of piperidine rings is 1. The van der Waals surface area contributed by atoms with Crippen molar-refractivity contribution in [3.05, 3.63) is 101 Å². The van der Waals surface area contributed by atoms with E-state index < -0.39 is 53.1 Å². The van der Waals surface area contributed by atoms with E-state index in [2.05, 4.69) is 36.3 Å². The first-order valence-electron chi connectivity index (χ1n) is 20.9. The highest BCUT2D eigenvalue weighted by Crippen LogP contribution is 2.36. The van der Waals surface area contributed by atoms with Crippen LogP contribution in [0.4, 0.5) is 30.4 Å². The molecule has 2 aromatic carbocycles. The Morgan fingerprint density at radius 2 is 1.70 bits per heavy atom. The normalized spacial score (nSPS) is 16.2. The van der Waals surface area contributed by atoms with Gasteiger partial charge in [-0.2, -0.15) is 18.3 Å². The molecule has 1 saturated heterocycles. The summed E-state index contributed by atoms with van der Waals surface area (Å²) in [5.41, 5.74) is 0.706. The van der Waals surface area contributed by atoms with Crippen LogP contribution >= 0.6 is 0 Å². The fourth-order valence-electron chi connectivity index (χ4n) is 7.33. The van der Waals surface area contributed by atoms with Crippen LogP contribution in [0.1, 0.15) is 81.0 Å². The van der Waals surface area contributed by atoms with Gasteiger partial charge in [0.2, 0.25) is 17.7 Å². The summed E-state index contributed by atoms with van der Waals surface area (Å²) in [6.45, 7) is 2.62. The molecule has 64 heavy (non-hydrogen) atoms. The highest BCUT2D eigenvalue weighted by atomic mass is 19.4. The van der Waals surface area contributed by atoms with Crippen molar-refractivity contribution in [3.63, 3.8) is 0 Å². The summed E-state index contributed by atoms with van der Waals surface area (Å²) in [6, 6.07) is 14.1. The fourth-order valence-corrected chi connectivity index (χ4v) is 7.33. The van der Waals surface area contributed by atoms with Crippen molar-refractivity contribution in [1.82, 2.24) is 30.0 Å². The minimum Gasteiger partial charge on any atom is -0.444 e. The Morgan fingerprint density at radius 1 is 0.906 bits per heavy atom. The number of fused-ring (bicyclic) bond motifs is 1. The Hall–Kier alpha value is -6.93.